The van der Waals surface area contributed by atoms with Crippen LogP contribution in [-0.4, -0.2) is 23.2 Å². The number of halogens is 1. The van der Waals surface area contributed by atoms with Crippen molar-refractivity contribution in [1.29, 1.82) is 0 Å². The molecule has 1 rings (SSSR count). The smallest absolute Gasteiger partial charge is 0.251 e. The second kappa shape index (κ2) is 6.21. The fourth-order valence-electron chi connectivity index (χ4n) is 1.71. The summed E-state index contributed by atoms with van der Waals surface area (Å²) in [5, 5.41) is 13.4. The number of rotatable bonds is 5. The number of hydrogen-bond acceptors (Lipinski definition) is 2. The van der Waals surface area contributed by atoms with Gasteiger partial charge >= 0.3 is 0 Å². The predicted molar refractivity (Wildman–Crippen MR) is 74.1 cm³/mol. The lowest BCUT2D eigenvalue weighted by Crippen LogP contribution is -2.42. The Morgan fingerprint density at radius 1 is 1.33 bits per heavy atom. The number of nitrogens with one attached hydrogen (secondary N) is 1. The van der Waals surface area contributed by atoms with Crippen LogP contribution in [-0.2, 0) is 0 Å². The van der Waals surface area contributed by atoms with E-state index in [9.17, 15) is 9.90 Å². The summed E-state index contributed by atoms with van der Waals surface area (Å²) in [6.45, 7) is 5.94. The van der Waals surface area contributed by atoms with E-state index in [0.717, 1.165) is 5.56 Å². The molecule has 3 nitrogen and oxygen atoms in total. The molecule has 2 N–H and O–H groups in total. The lowest BCUT2D eigenvalue weighted by atomic mass is 9.97. The first kappa shape index (κ1) is 15.0. The van der Waals surface area contributed by atoms with E-state index in [2.05, 4.69) is 5.32 Å². The minimum atomic E-state index is -0.830. The summed E-state index contributed by atoms with van der Waals surface area (Å²) >= 11 is 5.91. The topological polar surface area (TPSA) is 49.3 Å². The Hall–Kier alpha value is -1.06. The van der Waals surface area contributed by atoms with Gasteiger partial charge < -0.3 is 10.4 Å². The number of aliphatic hydroxyl groups is 1. The summed E-state index contributed by atoms with van der Waals surface area (Å²) in [6, 6.07) is 5.20. The van der Waals surface area contributed by atoms with E-state index < -0.39 is 5.60 Å². The SMILES string of the molecule is CCC(O)(CC)CNC(=O)c1cc(C)cc(Cl)c1. The van der Waals surface area contributed by atoms with Crippen molar-refractivity contribution in [3.8, 4) is 0 Å². The van der Waals surface area contributed by atoms with Gasteiger partial charge in [0.05, 0.1) is 5.60 Å². The van der Waals surface area contributed by atoms with Gasteiger partial charge in [0.2, 0.25) is 0 Å². The summed E-state index contributed by atoms with van der Waals surface area (Å²) in [6.07, 6.45) is 1.22. The molecule has 0 bridgehead atoms. The monoisotopic (exact) mass is 269 g/mol. The van der Waals surface area contributed by atoms with Crippen LogP contribution >= 0.6 is 11.6 Å². The Kier molecular flexibility index (Phi) is 5.17. The van der Waals surface area contributed by atoms with Crippen molar-refractivity contribution in [3.05, 3.63) is 34.3 Å². The van der Waals surface area contributed by atoms with Crippen molar-refractivity contribution in [2.75, 3.05) is 6.54 Å². The Labute approximate surface area is 113 Å². The van der Waals surface area contributed by atoms with Gasteiger partial charge in [0.1, 0.15) is 0 Å². The molecule has 0 atom stereocenters. The van der Waals surface area contributed by atoms with Gasteiger partial charge in [-0.2, -0.15) is 0 Å². The normalized spacial score (nSPS) is 11.4. The first-order valence-corrected chi connectivity index (χ1v) is 6.56. The van der Waals surface area contributed by atoms with Crippen molar-refractivity contribution in [2.24, 2.45) is 0 Å². The van der Waals surface area contributed by atoms with Crippen molar-refractivity contribution in [3.63, 3.8) is 0 Å². The van der Waals surface area contributed by atoms with Crippen LogP contribution in [0.2, 0.25) is 5.02 Å². The lowest BCUT2D eigenvalue weighted by Gasteiger charge is -2.25. The molecule has 0 radical (unpaired) electrons. The summed E-state index contributed by atoms with van der Waals surface area (Å²) in [4.78, 5) is 11.9. The van der Waals surface area contributed by atoms with Gasteiger partial charge in [-0.3, -0.25) is 4.79 Å². The van der Waals surface area contributed by atoms with Crippen LogP contribution in [0.1, 0.15) is 42.6 Å². The molecular weight excluding hydrogens is 250 g/mol. The highest BCUT2D eigenvalue weighted by molar-refractivity contribution is 6.31. The fraction of sp³-hybridized carbons (Fsp3) is 0.500. The van der Waals surface area contributed by atoms with E-state index in [0.29, 0.717) is 23.4 Å². The van der Waals surface area contributed by atoms with Crippen molar-refractivity contribution in [1.82, 2.24) is 5.32 Å². The molecular formula is C14H20ClNO2. The molecule has 0 unspecified atom stereocenters. The van der Waals surface area contributed by atoms with E-state index >= 15 is 0 Å². The molecule has 0 saturated heterocycles. The molecule has 1 aromatic carbocycles. The van der Waals surface area contributed by atoms with Gasteiger partial charge in [-0.25, -0.2) is 0 Å². The van der Waals surface area contributed by atoms with Crippen molar-refractivity contribution >= 4 is 17.5 Å². The summed E-state index contributed by atoms with van der Waals surface area (Å²) < 4.78 is 0. The van der Waals surface area contributed by atoms with Crippen LogP contribution in [0.3, 0.4) is 0 Å². The molecule has 0 aliphatic rings. The van der Waals surface area contributed by atoms with Crippen LogP contribution in [0.4, 0.5) is 0 Å². The number of benzene rings is 1. The third kappa shape index (κ3) is 4.00. The van der Waals surface area contributed by atoms with Crippen LogP contribution < -0.4 is 5.32 Å². The van der Waals surface area contributed by atoms with E-state index in [1.807, 2.05) is 20.8 Å². The average molecular weight is 270 g/mol. The van der Waals surface area contributed by atoms with E-state index in [4.69, 9.17) is 11.6 Å². The summed E-state index contributed by atoms with van der Waals surface area (Å²) in [7, 11) is 0. The zero-order chi connectivity index (χ0) is 13.8. The number of hydrogen-bond donors (Lipinski definition) is 2. The largest absolute Gasteiger partial charge is 0.388 e. The van der Waals surface area contributed by atoms with E-state index in [-0.39, 0.29) is 12.5 Å². The number of carbonyl (C=O) groups excluding carboxylic acids is 1. The molecule has 100 valence electrons. The third-order valence-corrected chi connectivity index (χ3v) is 3.42. The number of carbonyl (C=O) groups is 1. The lowest BCUT2D eigenvalue weighted by molar-refractivity contribution is 0.0314. The molecule has 0 heterocycles. The quantitative estimate of drug-likeness (QED) is 0.863. The van der Waals surface area contributed by atoms with Gasteiger partial charge in [0.15, 0.2) is 0 Å². The number of amides is 1. The standard InChI is InChI=1S/C14H20ClNO2/c1-4-14(18,5-2)9-16-13(17)11-6-10(3)7-12(15)8-11/h6-8,18H,4-5,9H2,1-3H3,(H,16,17). The summed E-state index contributed by atoms with van der Waals surface area (Å²) in [5.74, 6) is -0.207. The molecule has 0 spiro atoms. The number of aryl methyl sites for hydroxylation is 1. The maximum Gasteiger partial charge on any atom is 0.251 e. The highest BCUT2D eigenvalue weighted by Gasteiger charge is 2.23. The zero-order valence-electron chi connectivity index (χ0n) is 11.1. The Balaban J connectivity index is 2.71. The highest BCUT2D eigenvalue weighted by atomic mass is 35.5. The fourth-order valence-corrected chi connectivity index (χ4v) is 2.00. The second-order valence-electron chi connectivity index (χ2n) is 4.63. The third-order valence-electron chi connectivity index (χ3n) is 3.20. The molecule has 0 saturated carbocycles. The Morgan fingerprint density at radius 3 is 2.44 bits per heavy atom. The van der Waals surface area contributed by atoms with Crippen LogP contribution in [0.5, 0.6) is 0 Å². The molecule has 1 aromatic rings. The maximum absolute atomic E-state index is 11.9. The molecule has 1 amide bonds. The van der Waals surface area contributed by atoms with Crippen molar-refractivity contribution in [2.45, 2.75) is 39.2 Å². The van der Waals surface area contributed by atoms with Crippen molar-refractivity contribution < 1.29 is 9.90 Å². The van der Waals surface area contributed by atoms with Gasteiger partial charge in [-0.05, 0) is 43.5 Å². The van der Waals surface area contributed by atoms with E-state index in [1.165, 1.54) is 0 Å². The molecule has 18 heavy (non-hydrogen) atoms. The van der Waals surface area contributed by atoms with Gasteiger partial charge in [0, 0.05) is 17.1 Å². The van der Waals surface area contributed by atoms with Crippen LogP contribution in [0.15, 0.2) is 18.2 Å². The minimum absolute atomic E-state index is 0.207. The first-order valence-electron chi connectivity index (χ1n) is 6.18. The molecule has 0 aliphatic heterocycles. The highest BCUT2D eigenvalue weighted by Crippen LogP contribution is 2.16. The second-order valence-corrected chi connectivity index (χ2v) is 5.07. The molecule has 4 heteroatoms. The minimum Gasteiger partial charge on any atom is -0.388 e. The van der Waals surface area contributed by atoms with E-state index in [1.54, 1.807) is 18.2 Å². The van der Waals surface area contributed by atoms with Gasteiger partial charge in [-0.15, -0.1) is 0 Å². The summed E-state index contributed by atoms with van der Waals surface area (Å²) in [5.41, 5.74) is 0.631. The van der Waals surface area contributed by atoms with Crippen LogP contribution in [0.25, 0.3) is 0 Å². The Bertz CT molecular complexity index is 408. The van der Waals surface area contributed by atoms with Gasteiger partial charge in [0.25, 0.3) is 5.91 Å². The molecule has 0 aliphatic carbocycles. The average Bonchev–Trinajstić information content (AvgIpc) is 2.34. The molecule has 0 aromatic heterocycles. The molecule has 0 fully saturated rings. The zero-order valence-corrected chi connectivity index (χ0v) is 11.8. The van der Waals surface area contributed by atoms with Gasteiger partial charge in [-0.1, -0.05) is 25.4 Å². The predicted octanol–water partition coefficient (Wildman–Crippen LogP) is 2.93. The maximum atomic E-state index is 11.9. The first-order chi connectivity index (χ1) is 8.40. The Morgan fingerprint density at radius 2 is 1.94 bits per heavy atom. The van der Waals surface area contributed by atoms with Crippen LogP contribution in [0, 0.1) is 6.92 Å².